The monoisotopic (exact) mass is 239 g/mol. The van der Waals surface area contributed by atoms with Gasteiger partial charge in [-0.2, -0.15) is 0 Å². The number of hydrogen-bond acceptors (Lipinski definition) is 3. The van der Waals surface area contributed by atoms with Crippen molar-refractivity contribution >= 4 is 5.91 Å². The highest BCUT2D eigenvalue weighted by molar-refractivity contribution is 5.76. The maximum absolute atomic E-state index is 12.2. The topological polar surface area (TPSA) is 35.6 Å². The maximum Gasteiger partial charge on any atom is 0.222 e. The molecule has 1 unspecified atom stereocenters. The van der Waals surface area contributed by atoms with Gasteiger partial charge in [-0.1, -0.05) is 0 Å². The van der Waals surface area contributed by atoms with Crippen LogP contribution in [0, 0.1) is 5.92 Å². The number of piperidine rings is 1. The van der Waals surface area contributed by atoms with E-state index in [1.807, 2.05) is 11.9 Å². The summed E-state index contributed by atoms with van der Waals surface area (Å²) in [6.07, 6.45) is 4.14. The van der Waals surface area contributed by atoms with Gasteiger partial charge in [-0.15, -0.1) is 0 Å². The average molecular weight is 239 g/mol. The molecule has 2 rings (SSSR count). The zero-order valence-corrected chi connectivity index (χ0v) is 11.1. The lowest BCUT2D eigenvalue weighted by molar-refractivity contribution is -0.133. The molecule has 0 saturated carbocycles. The summed E-state index contributed by atoms with van der Waals surface area (Å²) in [7, 11) is 4.14. The van der Waals surface area contributed by atoms with E-state index in [1.54, 1.807) is 0 Å². The van der Waals surface area contributed by atoms with Crippen molar-refractivity contribution < 1.29 is 4.79 Å². The predicted molar refractivity (Wildman–Crippen MR) is 68.9 cm³/mol. The molecule has 2 heterocycles. The third kappa shape index (κ3) is 3.42. The standard InChI is InChI=1S/C13H25N3O/c1-15-7-4-12(5-8-15)16(2)13(17)9-11-3-6-14-10-11/h11-12,14H,3-10H2,1-2H3. The highest BCUT2D eigenvalue weighted by atomic mass is 16.2. The Morgan fingerprint density at radius 1 is 1.35 bits per heavy atom. The van der Waals surface area contributed by atoms with Crippen LogP contribution in [0.2, 0.25) is 0 Å². The Balaban J connectivity index is 1.77. The molecule has 2 fully saturated rings. The van der Waals surface area contributed by atoms with Crippen molar-refractivity contribution in [3.05, 3.63) is 0 Å². The molecule has 17 heavy (non-hydrogen) atoms. The summed E-state index contributed by atoms with van der Waals surface area (Å²) >= 11 is 0. The van der Waals surface area contributed by atoms with Crippen LogP contribution in [0.15, 0.2) is 0 Å². The second-order valence-electron chi connectivity index (χ2n) is 5.60. The van der Waals surface area contributed by atoms with Gasteiger partial charge < -0.3 is 15.1 Å². The number of likely N-dealkylation sites (tertiary alicyclic amines) is 1. The molecule has 1 amide bonds. The van der Waals surface area contributed by atoms with E-state index < -0.39 is 0 Å². The quantitative estimate of drug-likeness (QED) is 0.781. The molecule has 1 N–H and O–H groups in total. The predicted octanol–water partition coefficient (Wildman–Crippen LogP) is 0.539. The molecule has 0 radical (unpaired) electrons. The molecule has 0 spiro atoms. The number of carbonyl (C=O) groups is 1. The van der Waals surface area contributed by atoms with Crippen molar-refractivity contribution in [3.63, 3.8) is 0 Å². The molecule has 0 aromatic carbocycles. The van der Waals surface area contributed by atoms with Crippen LogP contribution in [0.3, 0.4) is 0 Å². The minimum absolute atomic E-state index is 0.341. The third-order valence-electron chi connectivity index (χ3n) is 4.25. The molecule has 98 valence electrons. The van der Waals surface area contributed by atoms with Crippen LogP contribution in [0.4, 0.5) is 0 Å². The summed E-state index contributed by atoms with van der Waals surface area (Å²) < 4.78 is 0. The third-order valence-corrected chi connectivity index (χ3v) is 4.25. The minimum atomic E-state index is 0.341. The van der Waals surface area contributed by atoms with Gasteiger partial charge in [-0.25, -0.2) is 0 Å². The molecule has 0 aromatic heterocycles. The van der Waals surface area contributed by atoms with E-state index in [2.05, 4.69) is 17.3 Å². The molecule has 1 atom stereocenters. The lowest BCUT2D eigenvalue weighted by Crippen LogP contribution is -2.44. The smallest absolute Gasteiger partial charge is 0.222 e. The first kappa shape index (κ1) is 12.8. The Bertz CT molecular complexity index is 255. The second kappa shape index (κ2) is 5.83. The summed E-state index contributed by atoms with van der Waals surface area (Å²) in [4.78, 5) is 16.5. The largest absolute Gasteiger partial charge is 0.343 e. The van der Waals surface area contributed by atoms with Gasteiger partial charge in [0.25, 0.3) is 0 Å². The summed E-state index contributed by atoms with van der Waals surface area (Å²) in [5, 5.41) is 3.32. The fourth-order valence-corrected chi connectivity index (χ4v) is 2.87. The number of amides is 1. The summed E-state index contributed by atoms with van der Waals surface area (Å²) in [6, 6.07) is 0.466. The van der Waals surface area contributed by atoms with Crippen molar-refractivity contribution in [2.75, 3.05) is 40.3 Å². The fraction of sp³-hybridized carbons (Fsp3) is 0.923. The van der Waals surface area contributed by atoms with Crippen LogP contribution in [-0.2, 0) is 4.79 Å². The number of rotatable bonds is 3. The highest BCUT2D eigenvalue weighted by Gasteiger charge is 2.26. The van der Waals surface area contributed by atoms with Gasteiger partial charge in [0.05, 0.1) is 0 Å². The second-order valence-corrected chi connectivity index (χ2v) is 5.60. The maximum atomic E-state index is 12.2. The van der Waals surface area contributed by atoms with E-state index in [4.69, 9.17) is 0 Å². The Kier molecular flexibility index (Phi) is 4.40. The minimum Gasteiger partial charge on any atom is -0.343 e. The van der Waals surface area contributed by atoms with E-state index in [9.17, 15) is 4.79 Å². The first-order valence-corrected chi connectivity index (χ1v) is 6.81. The Labute approximate surface area is 104 Å². The molecule has 4 nitrogen and oxygen atoms in total. The molecule has 0 aromatic rings. The van der Waals surface area contributed by atoms with Gasteiger partial charge in [-0.05, 0) is 58.4 Å². The van der Waals surface area contributed by atoms with E-state index >= 15 is 0 Å². The Hall–Kier alpha value is -0.610. The van der Waals surface area contributed by atoms with E-state index in [-0.39, 0.29) is 0 Å². The number of nitrogens with zero attached hydrogens (tertiary/aromatic N) is 2. The highest BCUT2D eigenvalue weighted by Crippen LogP contribution is 2.18. The van der Waals surface area contributed by atoms with Crippen LogP contribution >= 0.6 is 0 Å². The van der Waals surface area contributed by atoms with Crippen molar-refractivity contribution in [2.24, 2.45) is 5.92 Å². The molecule has 2 aliphatic rings. The first-order chi connectivity index (χ1) is 8.16. The van der Waals surface area contributed by atoms with Gasteiger partial charge in [-0.3, -0.25) is 4.79 Å². The lowest BCUT2D eigenvalue weighted by atomic mass is 10.0. The number of hydrogen-bond donors (Lipinski definition) is 1. The average Bonchev–Trinajstić information content (AvgIpc) is 2.82. The fourth-order valence-electron chi connectivity index (χ4n) is 2.87. The van der Waals surface area contributed by atoms with Gasteiger partial charge in [0.2, 0.25) is 5.91 Å². The SMILES string of the molecule is CN1CCC(N(C)C(=O)CC2CCNC2)CC1. The summed E-state index contributed by atoms with van der Waals surface area (Å²) in [6.45, 7) is 4.34. The number of nitrogens with one attached hydrogen (secondary N) is 1. The first-order valence-electron chi connectivity index (χ1n) is 6.81. The zero-order chi connectivity index (χ0) is 12.3. The molecule has 0 aliphatic carbocycles. The van der Waals surface area contributed by atoms with Crippen molar-refractivity contribution in [2.45, 2.75) is 31.7 Å². The van der Waals surface area contributed by atoms with E-state index in [0.29, 0.717) is 17.9 Å². The van der Waals surface area contributed by atoms with Crippen molar-refractivity contribution in [3.8, 4) is 0 Å². The zero-order valence-electron chi connectivity index (χ0n) is 11.1. The number of carbonyl (C=O) groups excluding carboxylic acids is 1. The molecule has 0 bridgehead atoms. The van der Waals surface area contributed by atoms with Crippen LogP contribution in [-0.4, -0.2) is 62.0 Å². The van der Waals surface area contributed by atoms with Gasteiger partial charge in [0.15, 0.2) is 0 Å². The summed E-state index contributed by atoms with van der Waals surface area (Å²) in [5.74, 6) is 0.907. The van der Waals surface area contributed by atoms with Gasteiger partial charge >= 0.3 is 0 Å². The van der Waals surface area contributed by atoms with Crippen LogP contribution in [0.25, 0.3) is 0 Å². The van der Waals surface area contributed by atoms with Gasteiger partial charge in [0, 0.05) is 19.5 Å². The molecule has 4 heteroatoms. The van der Waals surface area contributed by atoms with Crippen LogP contribution in [0.5, 0.6) is 0 Å². The van der Waals surface area contributed by atoms with E-state index in [0.717, 1.165) is 51.9 Å². The van der Waals surface area contributed by atoms with Gasteiger partial charge in [0.1, 0.15) is 0 Å². The molecule has 2 saturated heterocycles. The Morgan fingerprint density at radius 3 is 2.65 bits per heavy atom. The summed E-state index contributed by atoms with van der Waals surface area (Å²) in [5.41, 5.74) is 0. The van der Waals surface area contributed by atoms with Crippen LogP contribution < -0.4 is 5.32 Å². The molecule has 2 aliphatic heterocycles. The Morgan fingerprint density at radius 2 is 2.06 bits per heavy atom. The van der Waals surface area contributed by atoms with Crippen molar-refractivity contribution in [1.82, 2.24) is 15.1 Å². The molecular weight excluding hydrogens is 214 g/mol. The van der Waals surface area contributed by atoms with E-state index in [1.165, 1.54) is 0 Å². The normalized spacial score (nSPS) is 27.3. The van der Waals surface area contributed by atoms with Crippen molar-refractivity contribution in [1.29, 1.82) is 0 Å². The van der Waals surface area contributed by atoms with Crippen LogP contribution in [0.1, 0.15) is 25.7 Å². The lowest BCUT2D eigenvalue weighted by Gasteiger charge is -2.35. The molecular formula is C13H25N3O.